The number of hydrogen-bond donors (Lipinski definition) is 1. The first-order valence-corrected chi connectivity index (χ1v) is 9.91. The number of methoxy groups -OCH3 is 1. The highest BCUT2D eigenvalue weighted by Gasteiger charge is 2.20. The van der Waals surface area contributed by atoms with Gasteiger partial charge in [0.1, 0.15) is 11.6 Å². The Kier molecular flexibility index (Phi) is 5.78. The van der Waals surface area contributed by atoms with Gasteiger partial charge in [-0.2, -0.15) is 0 Å². The van der Waals surface area contributed by atoms with Crippen molar-refractivity contribution in [2.45, 2.75) is 6.54 Å². The van der Waals surface area contributed by atoms with E-state index in [9.17, 15) is 4.79 Å². The molecule has 0 aliphatic carbocycles. The van der Waals surface area contributed by atoms with Gasteiger partial charge in [-0.3, -0.25) is 14.6 Å². The molecule has 7 heteroatoms. The van der Waals surface area contributed by atoms with Crippen LogP contribution in [0.3, 0.4) is 0 Å². The molecule has 1 aliphatic heterocycles. The number of aryl methyl sites for hydroxylation is 1. The molecule has 4 rings (SSSR count). The largest absolute Gasteiger partial charge is 0.497 e. The fourth-order valence-electron chi connectivity index (χ4n) is 3.75. The molecule has 1 N–H and O–H groups in total. The molecule has 0 unspecified atom stereocenters. The third-order valence-corrected chi connectivity index (χ3v) is 5.43. The van der Waals surface area contributed by atoms with Crippen molar-refractivity contribution >= 4 is 22.6 Å². The van der Waals surface area contributed by atoms with Crippen LogP contribution in [0.5, 0.6) is 5.75 Å². The van der Waals surface area contributed by atoms with E-state index in [2.05, 4.69) is 38.9 Å². The van der Waals surface area contributed by atoms with Crippen LogP contribution in [0.4, 0.5) is 5.69 Å². The van der Waals surface area contributed by atoms with Crippen LogP contribution in [-0.2, 0) is 18.4 Å². The zero-order valence-corrected chi connectivity index (χ0v) is 17.0. The highest BCUT2D eigenvalue weighted by atomic mass is 16.5. The van der Waals surface area contributed by atoms with Crippen LogP contribution in [0.15, 0.2) is 48.5 Å². The highest BCUT2D eigenvalue weighted by molar-refractivity contribution is 5.92. The second kappa shape index (κ2) is 8.63. The van der Waals surface area contributed by atoms with Crippen molar-refractivity contribution in [2.75, 3.05) is 45.2 Å². The number of hydrogen-bond acceptors (Lipinski definition) is 5. The second-order valence-corrected chi connectivity index (χ2v) is 7.41. The second-order valence-electron chi connectivity index (χ2n) is 7.41. The van der Waals surface area contributed by atoms with Crippen molar-refractivity contribution < 1.29 is 9.53 Å². The number of nitrogens with zero attached hydrogens (tertiary/aromatic N) is 4. The lowest BCUT2D eigenvalue weighted by molar-refractivity contribution is -0.117. The summed E-state index contributed by atoms with van der Waals surface area (Å²) in [5.41, 5.74) is 2.96. The molecule has 7 nitrogen and oxygen atoms in total. The smallest absolute Gasteiger partial charge is 0.238 e. The molecule has 0 radical (unpaired) electrons. The molecular formula is C22H27N5O2. The number of carbonyl (C=O) groups excluding carboxylic acids is 1. The topological polar surface area (TPSA) is 62.6 Å². The van der Waals surface area contributed by atoms with Crippen LogP contribution in [0.25, 0.3) is 11.0 Å². The van der Waals surface area contributed by atoms with Crippen molar-refractivity contribution in [3.8, 4) is 5.75 Å². The number of fused-ring (bicyclic) bond motifs is 1. The van der Waals surface area contributed by atoms with E-state index >= 15 is 0 Å². The molecule has 1 saturated heterocycles. The predicted octanol–water partition coefficient (Wildman–Crippen LogP) is 2.34. The third-order valence-electron chi connectivity index (χ3n) is 5.43. The summed E-state index contributed by atoms with van der Waals surface area (Å²) < 4.78 is 7.37. The number of amides is 1. The van der Waals surface area contributed by atoms with Gasteiger partial charge in [0.25, 0.3) is 0 Å². The number of ether oxygens (including phenoxy) is 1. The molecule has 1 aromatic heterocycles. The molecule has 2 heterocycles. The Balaban J connectivity index is 1.27. The van der Waals surface area contributed by atoms with Crippen LogP contribution >= 0.6 is 0 Å². The molecule has 1 fully saturated rings. The van der Waals surface area contributed by atoms with Crippen molar-refractivity contribution in [2.24, 2.45) is 7.05 Å². The van der Waals surface area contributed by atoms with E-state index in [1.807, 2.05) is 36.4 Å². The number of para-hydroxylation sites is 2. The Morgan fingerprint density at radius 3 is 2.59 bits per heavy atom. The fraction of sp³-hybridized carbons (Fsp3) is 0.364. The zero-order chi connectivity index (χ0) is 20.2. The van der Waals surface area contributed by atoms with Crippen LogP contribution in [0, 0.1) is 0 Å². The molecule has 152 valence electrons. The molecule has 0 spiro atoms. The van der Waals surface area contributed by atoms with Crippen molar-refractivity contribution in [1.29, 1.82) is 0 Å². The summed E-state index contributed by atoms with van der Waals surface area (Å²) in [5.74, 6) is 1.82. The molecular weight excluding hydrogens is 366 g/mol. The van der Waals surface area contributed by atoms with E-state index in [0.29, 0.717) is 6.54 Å². The summed E-state index contributed by atoms with van der Waals surface area (Å²) in [6.07, 6.45) is 0. The maximum atomic E-state index is 12.4. The van der Waals surface area contributed by atoms with Gasteiger partial charge in [0, 0.05) is 45.0 Å². The molecule has 29 heavy (non-hydrogen) atoms. The lowest BCUT2D eigenvalue weighted by Gasteiger charge is -2.34. The summed E-state index contributed by atoms with van der Waals surface area (Å²) in [4.78, 5) is 21.7. The van der Waals surface area contributed by atoms with Crippen LogP contribution in [0.2, 0.25) is 0 Å². The minimum atomic E-state index is 0.00190. The molecule has 0 saturated carbocycles. The Hall–Kier alpha value is -2.90. The molecule has 2 aromatic carbocycles. The summed E-state index contributed by atoms with van der Waals surface area (Å²) in [6, 6.07) is 15.6. The van der Waals surface area contributed by atoms with Crippen LogP contribution in [0.1, 0.15) is 5.82 Å². The SMILES string of the molecule is COc1cccc(NC(=O)CN2CCN(Cc3nc4ccccc4n3C)CC2)c1. The van der Waals surface area contributed by atoms with Crippen molar-refractivity contribution in [1.82, 2.24) is 19.4 Å². The number of nitrogens with one attached hydrogen (secondary N) is 1. The standard InChI is InChI=1S/C22H27N5O2/c1-25-20-9-4-3-8-19(20)24-21(25)15-26-10-12-27(13-11-26)16-22(28)23-17-6-5-7-18(14-17)29-2/h3-9,14H,10-13,15-16H2,1-2H3,(H,23,28). The lowest BCUT2D eigenvalue weighted by Crippen LogP contribution is -2.48. The van der Waals surface area contributed by atoms with Crippen LogP contribution in [-0.4, -0.2) is 65.1 Å². The van der Waals surface area contributed by atoms with Crippen molar-refractivity contribution in [3.63, 3.8) is 0 Å². The fourth-order valence-corrected chi connectivity index (χ4v) is 3.75. The third kappa shape index (κ3) is 4.58. The minimum Gasteiger partial charge on any atom is -0.497 e. The van der Waals surface area contributed by atoms with Gasteiger partial charge in [-0.1, -0.05) is 18.2 Å². The number of piperazine rings is 1. The normalized spacial score (nSPS) is 15.5. The van der Waals surface area contributed by atoms with Gasteiger partial charge in [-0.25, -0.2) is 4.98 Å². The Labute approximate surface area is 170 Å². The zero-order valence-electron chi connectivity index (χ0n) is 17.0. The first-order chi connectivity index (χ1) is 14.1. The van der Waals surface area contributed by atoms with Gasteiger partial charge in [0.2, 0.25) is 5.91 Å². The molecule has 1 amide bonds. The van der Waals surface area contributed by atoms with Crippen molar-refractivity contribution in [3.05, 3.63) is 54.4 Å². The summed E-state index contributed by atoms with van der Waals surface area (Å²) in [5, 5.41) is 2.95. The summed E-state index contributed by atoms with van der Waals surface area (Å²) >= 11 is 0. The van der Waals surface area contributed by atoms with E-state index in [4.69, 9.17) is 9.72 Å². The summed E-state index contributed by atoms with van der Waals surface area (Å²) in [7, 11) is 3.69. The Bertz CT molecular complexity index is 992. The number of imidazole rings is 1. The average Bonchev–Trinajstić information content (AvgIpc) is 3.05. The maximum Gasteiger partial charge on any atom is 0.238 e. The molecule has 3 aromatic rings. The van der Waals surface area contributed by atoms with E-state index in [-0.39, 0.29) is 5.91 Å². The number of rotatable bonds is 6. The molecule has 0 atom stereocenters. The molecule has 0 bridgehead atoms. The number of anilines is 1. The van der Waals surface area contributed by atoms with Gasteiger partial charge >= 0.3 is 0 Å². The number of benzene rings is 2. The Morgan fingerprint density at radius 1 is 1.07 bits per heavy atom. The predicted molar refractivity (Wildman–Crippen MR) is 114 cm³/mol. The molecule has 1 aliphatic rings. The quantitative estimate of drug-likeness (QED) is 0.697. The lowest BCUT2D eigenvalue weighted by atomic mass is 10.3. The number of aromatic nitrogens is 2. The van der Waals surface area contributed by atoms with E-state index in [1.54, 1.807) is 7.11 Å². The highest BCUT2D eigenvalue weighted by Crippen LogP contribution is 2.18. The minimum absolute atomic E-state index is 0.00190. The van der Waals surface area contributed by atoms with Gasteiger partial charge in [0.15, 0.2) is 0 Å². The summed E-state index contributed by atoms with van der Waals surface area (Å²) in [6.45, 7) is 4.82. The average molecular weight is 393 g/mol. The van der Waals surface area contributed by atoms with E-state index in [1.165, 1.54) is 0 Å². The van der Waals surface area contributed by atoms with Gasteiger partial charge in [0.05, 0.1) is 31.2 Å². The van der Waals surface area contributed by atoms with Crippen LogP contribution < -0.4 is 10.1 Å². The number of carbonyl (C=O) groups is 1. The van der Waals surface area contributed by atoms with Gasteiger partial charge in [-0.05, 0) is 24.3 Å². The monoisotopic (exact) mass is 393 g/mol. The van der Waals surface area contributed by atoms with E-state index < -0.39 is 0 Å². The first-order valence-electron chi connectivity index (χ1n) is 9.91. The first kappa shape index (κ1) is 19.4. The van der Waals surface area contributed by atoms with Gasteiger partial charge < -0.3 is 14.6 Å². The maximum absolute atomic E-state index is 12.4. The van der Waals surface area contributed by atoms with Gasteiger partial charge in [-0.15, -0.1) is 0 Å². The Morgan fingerprint density at radius 2 is 1.83 bits per heavy atom. The van der Waals surface area contributed by atoms with E-state index in [0.717, 1.165) is 61.0 Å².